The van der Waals surface area contributed by atoms with Crippen molar-refractivity contribution in [3.8, 4) is 0 Å². The highest BCUT2D eigenvalue weighted by atomic mass is 19.4. The smallest absolute Gasteiger partial charge is 0.383 e. The van der Waals surface area contributed by atoms with E-state index in [9.17, 15) is 23.1 Å². The number of amides is 2. The number of aliphatic hydroxyl groups is 1. The Morgan fingerprint density at radius 2 is 1.83 bits per heavy atom. The van der Waals surface area contributed by atoms with E-state index in [2.05, 4.69) is 5.32 Å². The zero-order valence-electron chi connectivity index (χ0n) is 13.9. The SMILES string of the molecule is CC(C)COCC(C)NC(=O)N1CCC(C(O)C(F)(F)F)CC1. The van der Waals surface area contributed by atoms with Gasteiger partial charge in [-0.2, -0.15) is 13.2 Å². The quantitative estimate of drug-likeness (QED) is 0.780. The average Bonchev–Trinajstić information content (AvgIpc) is 2.45. The number of hydrogen-bond acceptors (Lipinski definition) is 3. The predicted molar refractivity (Wildman–Crippen MR) is 80.0 cm³/mol. The van der Waals surface area contributed by atoms with Crippen molar-refractivity contribution < 1.29 is 27.8 Å². The first-order valence-electron chi connectivity index (χ1n) is 7.99. The van der Waals surface area contributed by atoms with Crippen LogP contribution in [0.25, 0.3) is 0 Å². The van der Waals surface area contributed by atoms with E-state index >= 15 is 0 Å². The first-order valence-corrected chi connectivity index (χ1v) is 7.99. The van der Waals surface area contributed by atoms with E-state index in [1.807, 2.05) is 20.8 Å². The van der Waals surface area contributed by atoms with Gasteiger partial charge in [0.05, 0.1) is 12.6 Å². The number of rotatable bonds is 6. The van der Waals surface area contributed by atoms with Gasteiger partial charge < -0.3 is 20.1 Å². The Kier molecular flexibility index (Phi) is 7.60. The molecule has 2 unspecified atom stereocenters. The third-order valence-corrected chi connectivity index (χ3v) is 3.80. The van der Waals surface area contributed by atoms with Gasteiger partial charge in [-0.3, -0.25) is 0 Å². The molecule has 0 aromatic carbocycles. The van der Waals surface area contributed by atoms with Crippen LogP contribution in [0.3, 0.4) is 0 Å². The second kappa shape index (κ2) is 8.73. The van der Waals surface area contributed by atoms with Crippen LogP contribution in [0.1, 0.15) is 33.6 Å². The number of halogens is 3. The summed E-state index contributed by atoms with van der Waals surface area (Å²) in [5, 5.41) is 12.0. The number of urea groups is 1. The second-order valence-electron chi connectivity index (χ2n) is 6.59. The summed E-state index contributed by atoms with van der Waals surface area (Å²) in [6.45, 7) is 7.31. The normalized spacial score (nSPS) is 19.7. The van der Waals surface area contributed by atoms with E-state index in [0.29, 0.717) is 19.1 Å². The Balaban J connectivity index is 2.32. The molecule has 1 aliphatic heterocycles. The summed E-state index contributed by atoms with van der Waals surface area (Å²) in [6, 6.07) is -0.467. The maximum atomic E-state index is 12.5. The lowest BCUT2D eigenvalue weighted by molar-refractivity contribution is -0.222. The van der Waals surface area contributed by atoms with Crippen molar-refractivity contribution in [2.24, 2.45) is 11.8 Å². The Bertz CT molecular complexity index is 369. The van der Waals surface area contributed by atoms with Crippen LogP contribution >= 0.6 is 0 Å². The lowest BCUT2D eigenvalue weighted by Crippen LogP contribution is -2.50. The molecule has 1 saturated heterocycles. The Labute approximate surface area is 135 Å². The number of likely N-dealkylation sites (tertiary alicyclic amines) is 1. The van der Waals surface area contributed by atoms with E-state index < -0.39 is 18.2 Å². The number of carbonyl (C=O) groups is 1. The molecule has 1 rings (SSSR count). The fourth-order valence-corrected chi connectivity index (χ4v) is 2.51. The van der Waals surface area contributed by atoms with Gasteiger partial charge in [-0.15, -0.1) is 0 Å². The van der Waals surface area contributed by atoms with Crippen molar-refractivity contribution in [2.45, 2.75) is 51.9 Å². The average molecular weight is 340 g/mol. The third-order valence-electron chi connectivity index (χ3n) is 3.80. The second-order valence-corrected chi connectivity index (χ2v) is 6.59. The molecule has 2 amide bonds. The van der Waals surface area contributed by atoms with E-state index in [1.54, 1.807) is 0 Å². The molecule has 0 aromatic rings. The molecule has 5 nitrogen and oxygen atoms in total. The number of nitrogens with one attached hydrogen (secondary N) is 1. The Morgan fingerprint density at radius 1 is 1.26 bits per heavy atom. The minimum Gasteiger partial charge on any atom is -0.383 e. The van der Waals surface area contributed by atoms with Crippen molar-refractivity contribution in [1.82, 2.24) is 10.2 Å². The van der Waals surface area contributed by atoms with Gasteiger partial charge >= 0.3 is 12.2 Å². The van der Waals surface area contributed by atoms with Gasteiger partial charge in [-0.1, -0.05) is 13.8 Å². The van der Waals surface area contributed by atoms with Crippen LogP contribution in [-0.2, 0) is 4.74 Å². The first-order chi connectivity index (χ1) is 10.6. The first kappa shape index (κ1) is 20.0. The molecule has 0 spiro atoms. The van der Waals surface area contributed by atoms with E-state index in [4.69, 9.17) is 4.74 Å². The maximum absolute atomic E-state index is 12.5. The molecule has 2 N–H and O–H groups in total. The fourth-order valence-electron chi connectivity index (χ4n) is 2.51. The Hall–Kier alpha value is -1.02. The fraction of sp³-hybridized carbons (Fsp3) is 0.933. The van der Waals surface area contributed by atoms with Crippen molar-refractivity contribution in [3.63, 3.8) is 0 Å². The minimum absolute atomic E-state index is 0.145. The van der Waals surface area contributed by atoms with Crippen LogP contribution in [0.4, 0.5) is 18.0 Å². The van der Waals surface area contributed by atoms with Crippen LogP contribution in [0.2, 0.25) is 0 Å². The van der Waals surface area contributed by atoms with Gasteiger partial charge in [0, 0.05) is 19.7 Å². The summed E-state index contributed by atoms with van der Waals surface area (Å²) in [7, 11) is 0. The number of hydrogen-bond donors (Lipinski definition) is 2. The molecule has 23 heavy (non-hydrogen) atoms. The molecule has 0 aromatic heterocycles. The predicted octanol–water partition coefficient (Wildman–Crippen LogP) is 2.39. The van der Waals surface area contributed by atoms with Gasteiger partial charge in [0.2, 0.25) is 0 Å². The molecule has 0 saturated carbocycles. The lowest BCUT2D eigenvalue weighted by atomic mass is 9.91. The molecular formula is C15H27F3N2O3. The molecule has 1 heterocycles. The third kappa shape index (κ3) is 6.95. The number of aliphatic hydroxyl groups excluding tert-OH is 1. The molecule has 0 bridgehead atoms. The van der Waals surface area contributed by atoms with Crippen LogP contribution in [0.15, 0.2) is 0 Å². The molecule has 1 fully saturated rings. The highest BCUT2D eigenvalue weighted by Gasteiger charge is 2.44. The Morgan fingerprint density at radius 3 is 2.30 bits per heavy atom. The highest BCUT2D eigenvalue weighted by molar-refractivity contribution is 5.74. The van der Waals surface area contributed by atoms with Gasteiger partial charge in [-0.25, -0.2) is 4.79 Å². The van der Waals surface area contributed by atoms with Crippen molar-refractivity contribution in [3.05, 3.63) is 0 Å². The maximum Gasteiger partial charge on any atom is 0.414 e. The molecule has 1 aliphatic rings. The zero-order chi connectivity index (χ0) is 17.6. The van der Waals surface area contributed by atoms with Gasteiger partial charge in [-0.05, 0) is 31.6 Å². The summed E-state index contributed by atoms with van der Waals surface area (Å²) in [6.07, 6.45) is -6.62. The van der Waals surface area contributed by atoms with E-state index in [0.717, 1.165) is 0 Å². The molecule has 0 radical (unpaired) electrons. The largest absolute Gasteiger partial charge is 0.414 e. The number of carbonyl (C=O) groups excluding carboxylic acids is 1. The van der Waals surface area contributed by atoms with Crippen molar-refractivity contribution in [2.75, 3.05) is 26.3 Å². The highest BCUT2D eigenvalue weighted by Crippen LogP contribution is 2.31. The zero-order valence-corrected chi connectivity index (χ0v) is 13.9. The minimum atomic E-state index is -4.60. The summed E-state index contributed by atoms with van der Waals surface area (Å²) >= 11 is 0. The topological polar surface area (TPSA) is 61.8 Å². The molecule has 2 atom stereocenters. The number of alkyl halides is 3. The van der Waals surface area contributed by atoms with E-state index in [-0.39, 0.29) is 38.0 Å². The lowest BCUT2D eigenvalue weighted by Gasteiger charge is -2.35. The number of nitrogens with zero attached hydrogens (tertiary/aromatic N) is 1. The number of piperidine rings is 1. The summed E-state index contributed by atoms with van der Waals surface area (Å²) < 4.78 is 42.9. The van der Waals surface area contributed by atoms with Gasteiger partial charge in [0.25, 0.3) is 0 Å². The molecule has 8 heteroatoms. The van der Waals surface area contributed by atoms with Crippen LogP contribution < -0.4 is 5.32 Å². The summed E-state index contributed by atoms with van der Waals surface area (Å²) in [5.74, 6) is -0.428. The standard InChI is InChI=1S/C15H27F3N2O3/c1-10(2)8-23-9-11(3)19-14(22)20-6-4-12(5-7-20)13(21)15(16,17)18/h10-13,21H,4-9H2,1-3H3,(H,19,22). The molecule has 0 aliphatic carbocycles. The monoisotopic (exact) mass is 340 g/mol. The van der Waals surface area contributed by atoms with Gasteiger partial charge in [0.15, 0.2) is 6.10 Å². The summed E-state index contributed by atoms with van der Waals surface area (Å²) in [4.78, 5) is 13.5. The summed E-state index contributed by atoms with van der Waals surface area (Å²) in [5.41, 5.74) is 0. The molecule has 136 valence electrons. The van der Waals surface area contributed by atoms with Crippen molar-refractivity contribution in [1.29, 1.82) is 0 Å². The number of ether oxygens (including phenoxy) is 1. The van der Waals surface area contributed by atoms with E-state index in [1.165, 1.54) is 4.90 Å². The van der Waals surface area contributed by atoms with Crippen LogP contribution in [-0.4, -0.2) is 60.7 Å². The van der Waals surface area contributed by atoms with Crippen LogP contribution in [0, 0.1) is 11.8 Å². The van der Waals surface area contributed by atoms with Crippen LogP contribution in [0.5, 0.6) is 0 Å². The van der Waals surface area contributed by atoms with Gasteiger partial charge in [0.1, 0.15) is 0 Å². The molecular weight excluding hydrogens is 313 g/mol. The van der Waals surface area contributed by atoms with Crippen molar-refractivity contribution >= 4 is 6.03 Å².